The molecule has 0 unspecified atom stereocenters. The first-order valence-corrected chi connectivity index (χ1v) is 8.43. The van der Waals surface area contributed by atoms with E-state index in [9.17, 15) is 0 Å². The van der Waals surface area contributed by atoms with Crippen molar-refractivity contribution < 1.29 is 0 Å². The van der Waals surface area contributed by atoms with Crippen molar-refractivity contribution in [1.82, 2.24) is 9.97 Å². The zero-order chi connectivity index (χ0) is 16.7. The van der Waals surface area contributed by atoms with Crippen molar-refractivity contribution in [2.24, 2.45) is 0 Å². The van der Waals surface area contributed by atoms with E-state index in [2.05, 4.69) is 82.8 Å². The van der Waals surface area contributed by atoms with Crippen LogP contribution in [-0.4, -0.2) is 9.97 Å². The minimum atomic E-state index is -0.334. The third-order valence-electron chi connectivity index (χ3n) is 5.15. The van der Waals surface area contributed by atoms with Crippen molar-refractivity contribution in [3.8, 4) is 11.1 Å². The summed E-state index contributed by atoms with van der Waals surface area (Å²) in [7, 11) is 0. The Morgan fingerprint density at radius 1 is 0.520 bits per heavy atom. The number of hydrogen-bond donors (Lipinski definition) is 0. The molecule has 0 aliphatic heterocycles. The van der Waals surface area contributed by atoms with E-state index in [1.165, 1.54) is 33.4 Å². The predicted octanol–water partition coefficient (Wildman–Crippen LogP) is 4.84. The van der Waals surface area contributed by atoms with Gasteiger partial charge in [0.15, 0.2) is 0 Å². The zero-order valence-electron chi connectivity index (χ0n) is 13.6. The van der Waals surface area contributed by atoms with Crippen molar-refractivity contribution in [2.75, 3.05) is 0 Å². The van der Waals surface area contributed by atoms with Gasteiger partial charge in [-0.1, -0.05) is 60.7 Å². The van der Waals surface area contributed by atoms with Crippen LogP contribution in [0.5, 0.6) is 0 Å². The van der Waals surface area contributed by atoms with E-state index in [-0.39, 0.29) is 5.41 Å². The molecule has 25 heavy (non-hydrogen) atoms. The van der Waals surface area contributed by atoms with Gasteiger partial charge in [-0.25, -0.2) is 0 Å². The van der Waals surface area contributed by atoms with Gasteiger partial charge in [-0.3, -0.25) is 9.97 Å². The molecule has 2 aromatic heterocycles. The van der Waals surface area contributed by atoms with Gasteiger partial charge in [0.1, 0.15) is 0 Å². The van der Waals surface area contributed by atoms with E-state index >= 15 is 0 Å². The number of pyridine rings is 2. The fourth-order valence-corrected chi connectivity index (χ4v) is 4.18. The lowest BCUT2D eigenvalue weighted by atomic mass is 9.68. The number of rotatable bonds is 2. The predicted molar refractivity (Wildman–Crippen MR) is 99.3 cm³/mol. The third-order valence-corrected chi connectivity index (χ3v) is 5.15. The highest BCUT2D eigenvalue weighted by atomic mass is 14.7. The van der Waals surface area contributed by atoms with Crippen LogP contribution in [0.25, 0.3) is 11.1 Å². The molecular formula is C23H16N2. The average molecular weight is 320 g/mol. The Morgan fingerprint density at radius 2 is 0.960 bits per heavy atom. The third kappa shape index (κ3) is 1.85. The van der Waals surface area contributed by atoms with Gasteiger partial charge in [0.05, 0.1) is 5.41 Å². The lowest BCUT2D eigenvalue weighted by Gasteiger charge is -2.33. The highest BCUT2D eigenvalue weighted by molar-refractivity contribution is 5.85. The normalized spacial score (nSPS) is 13.9. The second-order valence-corrected chi connectivity index (χ2v) is 6.32. The summed E-state index contributed by atoms with van der Waals surface area (Å²) in [4.78, 5) is 8.76. The fraction of sp³-hybridized carbons (Fsp3) is 0.0435. The summed E-state index contributed by atoms with van der Waals surface area (Å²) in [5.74, 6) is 0. The van der Waals surface area contributed by atoms with E-state index in [4.69, 9.17) is 0 Å². The van der Waals surface area contributed by atoms with E-state index in [0.29, 0.717) is 0 Å². The molecule has 5 rings (SSSR count). The highest BCUT2D eigenvalue weighted by Gasteiger charge is 2.46. The molecular weight excluding hydrogens is 304 g/mol. The molecule has 0 fully saturated rings. The molecule has 0 saturated carbocycles. The maximum absolute atomic E-state index is 4.38. The topological polar surface area (TPSA) is 25.8 Å². The molecule has 0 atom stereocenters. The van der Waals surface area contributed by atoms with Crippen LogP contribution in [0.2, 0.25) is 0 Å². The summed E-state index contributed by atoms with van der Waals surface area (Å²) in [5.41, 5.74) is 7.05. The Hall–Kier alpha value is -3.26. The Kier molecular flexibility index (Phi) is 3.04. The first-order chi connectivity index (χ1) is 12.4. The Bertz CT molecular complexity index is 953. The number of benzene rings is 2. The molecule has 2 heterocycles. The van der Waals surface area contributed by atoms with Gasteiger partial charge >= 0.3 is 0 Å². The number of aromatic nitrogens is 2. The second kappa shape index (κ2) is 5.38. The summed E-state index contributed by atoms with van der Waals surface area (Å²) in [6, 6.07) is 25.7. The Balaban J connectivity index is 1.98. The summed E-state index contributed by atoms with van der Waals surface area (Å²) < 4.78 is 0. The highest BCUT2D eigenvalue weighted by Crippen LogP contribution is 2.55. The fourth-order valence-electron chi connectivity index (χ4n) is 4.18. The first kappa shape index (κ1) is 14.1. The molecule has 0 saturated heterocycles. The molecule has 0 spiro atoms. The van der Waals surface area contributed by atoms with Crippen LogP contribution < -0.4 is 0 Å². The summed E-state index contributed by atoms with van der Waals surface area (Å²) in [6.45, 7) is 0. The molecule has 2 heteroatoms. The van der Waals surface area contributed by atoms with Crippen molar-refractivity contribution in [3.05, 3.63) is 120 Å². The van der Waals surface area contributed by atoms with Crippen molar-refractivity contribution in [2.45, 2.75) is 5.41 Å². The van der Waals surface area contributed by atoms with Crippen LogP contribution >= 0.6 is 0 Å². The Labute approximate surface area is 146 Å². The zero-order valence-corrected chi connectivity index (χ0v) is 13.6. The maximum Gasteiger partial charge on any atom is 0.0715 e. The van der Waals surface area contributed by atoms with Gasteiger partial charge in [-0.05, 0) is 34.4 Å². The van der Waals surface area contributed by atoms with Crippen molar-refractivity contribution in [3.63, 3.8) is 0 Å². The van der Waals surface area contributed by atoms with Crippen LogP contribution in [0.3, 0.4) is 0 Å². The quantitative estimate of drug-likeness (QED) is 0.465. The Morgan fingerprint density at radius 3 is 1.40 bits per heavy atom. The van der Waals surface area contributed by atoms with Gasteiger partial charge in [0.2, 0.25) is 0 Å². The van der Waals surface area contributed by atoms with Crippen LogP contribution in [-0.2, 0) is 5.41 Å². The van der Waals surface area contributed by atoms with Crippen LogP contribution in [0.1, 0.15) is 22.3 Å². The molecule has 1 aliphatic rings. The maximum atomic E-state index is 4.38. The molecule has 2 nitrogen and oxygen atoms in total. The van der Waals surface area contributed by atoms with Gasteiger partial charge in [-0.15, -0.1) is 0 Å². The number of hydrogen-bond acceptors (Lipinski definition) is 2. The van der Waals surface area contributed by atoms with Gasteiger partial charge < -0.3 is 0 Å². The lowest BCUT2D eigenvalue weighted by molar-refractivity contribution is 0.766. The molecule has 0 radical (unpaired) electrons. The largest absolute Gasteiger partial charge is 0.264 e. The van der Waals surface area contributed by atoms with Gasteiger partial charge in [-0.2, -0.15) is 0 Å². The van der Waals surface area contributed by atoms with Gasteiger partial charge in [0, 0.05) is 35.9 Å². The molecule has 0 amide bonds. The average Bonchev–Trinajstić information content (AvgIpc) is 3.01. The number of nitrogens with zero attached hydrogens (tertiary/aromatic N) is 2. The van der Waals surface area contributed by atoms with Crippen LogP contribution in [0, 0.1) is 0 Å². The van der Waals surface area contributed by atoms with Crippen molar-refractivity contribution >= 4 is 0 Å². The first-order valence-electron chi connectivity index (χ1n) is 8.43. The molecule has 0 bridgehead atoms. The minimum Gasteiger partial charge on any atom is -0.264 e. The molecule has 118 valence electrons. The minimum absolute atomic E-state index is 0.334. The monoisotopic (exact) mass is 320 g/mol. The second-order valence-electron chi connectivity index (χ2n) is 6.32. The molecule has 2 aromatic carbocycles. The van der Waals surface area contributed by atoms with E-state index in [1.54, 1.807) is 0 Å². The summed E-state index contributed by atoms with van der Waals surface area (Å²) in [5, 5.41) is 0. The van der Waals surface area contributed by atoms with E-state index in [0.717, 1.165) is 0 Å². The molecule has 1 aliphatic carbocycles. The number of fused-ring (bicyclic) bond motifs is 3. The smallest absolute Gasteiger partial charge is 0.0715 e. The van der Waals surface area contributed by atoms with Crippen LogP contribution in [0.15, 0.2) is 97.6 Å². The SMILES string of the molecule is c1ccc(C2(c3ccccc3)c3ccncc3-c3cnccc32)cc1. The van der Waals surface area contributed by atoms with E-state index in [1.807, 2.05) is 24.8 Å². The summed E-state index contributed by atoms with van der Waals surface area (Å²) in [6.07, 6.45) is 7.70. The molecule has 0 N–H and O–H groups in total. The van der Waals surface area contributed by atoms with Gasteiger partial charge in [0.25, 0.3) is 0 Å². The standard InChI is InChI=1S/C23H16N2/c1-3-7-17(8-4-1)23(18-9-5-2-6-10-18)21-11-13-24-15-19(21)20-16-25-14-12-22(20)23/h1-16H. The molecule has 4 aromatic rings. The van der Waals surface area contributed by atoms with Crippen LogP contribution in [0.4, 0.5) is 0 Å². The van der Waals surface area contributed by atoms with E-state index < -0.39 is 0 Å². The lowest BCUT2D eigenvalue weighted by Crippen LogP contribution is -2.28. The summed E-state index contributed by atoms with van der Waals surface area (Å²) >= 11 is 0. The van der Waals surface area contributed by atoms with Crippen molar-refractivity contribution in [1.29, 1.82) is 0 Å².